The molecule has 0 atom stereocenters. The number of hydrogen-bond acceptors (Lipinski definition) is 7. The van der Waals surface area contributed by atoms with Gasteiger partial charge in [0.15, 0.2) is 22.9 Å². The van der Waals surface area contributed by atoms with Gasteiger partial charge in [-0.25, -0.2) is 22.6 Å². The van der Waals surface area contributed by atoms with Gasteiger partial charge in [-0.3, -0.25) is 5.32 Å². The standard InChI is InChI=1S/C26H22ClF3N4O6S/c1-38-21-8-3-5-16(23(21)39-2)14-32-41(36,37)20-7-4-6-18(13-20)33-25(35)40-22-15-31-34(24(22)26(28,29)30)19-11-9-17(27)10-12-19/h3-13,15,32H,14H2,1-2H3,(H,33,35). The van der Waals surface area contributed by atoms with Crippen LogP contribution in [0.1, 0.15) is 11.3 Å². The van der Waals surface area contributed by atoms with E-state index < -0.39 is 33.7 Å². The highest BCUT2D eigenvalue weighted by atomic mass is 35.5. The third-order valence-corrected chi connectivity index (χ3v) is 7.26. The number of alkyl halides is 3. The minimum absolute atomic E-state index is 0.0361. The molecule has 1 heterocycles. The van der Waals surface area contributed by atoms with Crippen molar-refractivity contribution in [3.05, 3.63) is 89.2 Å². The summed E-state index contributed by atoms with van der Waals surface area (Å²) in [6.45, 7) is -0.139. The van der Waals surface area contributed by atoms with Crippen molar-refractivity contribution in [2.24, 2.45) is 0 Å². The number of rotatable bonds is 9. The van der Waals surface area contributed by atoms with Crippen LogP contribution in [0.25, 0.3) is 5.69 Å². The van der Waals surface area contributed by atoms with Crippen molar-refractivity contribution >= 4 is 33.4 Å². The summed E-state index contributed by atoms with van der Waals surface area (Å²) in [7, 11) is -1.22. The maximum absolute atomic E-state index is 13.9. The van der Waals surface area contributed by atoms with E-state index in [0.717, 1.165) is 12.3 Å². The molecule has 216 valence electrons. The van der Waals surface area contributed by atoms with Gasteiger partial charge < -0.3 is 14.2 Å². The average molecular weight is 611 g/mol. The first-order valence-electron chi connectivity index (χ1n) is 11.6. The zero-order valence-electron chi connectivity index (χ0n) is 21.4. The van der Waals surface area contributed by atoms with Crippen molar-refractivity contribution in [3.8, 4) is 22.9 Å². The molecular formula is C26H22ClF3N4O6S. The van der Waals surface area contributed by atoms with Gasteiger partial charge in [0.25, 0.3) is 0 Å². The van der Waals surface area contributed by atoms with E-state index in [0.29, 0.717) is 26.8 Å². The van der Waals surface area contributed by atoms with E-state index in [-0.39, 0.29) is 22.8 Å². The first kappa shape index (κ1) is 29.7. The molecule has 1 aromatic heterocycles. The molecule has 4 aromatic rings. The molecule has 0 bridgehead atoms. The third kappa shape index (κ3) is 6.90. The average Bonchev–Trinajstić information content (AvgIpc) is 3.36. The molecule has 0 saturated heterocycles. The van der Waals surface area contributed by atoms with Crippen LogP contribution in [0.15, 0.2) is 77.8 Å². The lowest BCUT2D eigenvalue weighted by Gasteiger charge is -2.14. The van der Waals surface area contributed by atoms with Gasteiger partial charge in [-0.2, -0.15) is 18.3 Å². The Labute approximate surface area is 237 Å². The fraction of sp³-hybridized carbons (Fsp3) is 0.154. The van der Waals surface area contributed by atoms with Crippen molar-refractivity contribution in [2.75, 3.05) is 19.5 Å². The van der Waals surface area contributed by atoms with Gasteiger partial charge in [-0.1, -0.05) is 29.8 Å². The molecule has 0 aliphatic heterocycles. The Morgan fingerprint density at radius 2 is 1.71 bits per heavy atom. The third-order valence-electron chi connectivity index (χ3n) is 5.61. The Morgan fingerprint density at radius 1 is 1.00 bits per heavy atom. The predicted molar refractivity (Wildman–Crippen MR) is 143 cm³/mol. The molecule has 41 heavy (non-hydrogen) atoms. The smallest absolute Gasteiger partial charge is 0.437 e. The topological polar surface area (TPSA) is 121 Å². The second-order valence-corrected chi connectivity index (χ2v) is 10.5. The maximum atomic E-state index is 13.9. The van der Waals surface area contributed by atoms with Gasteiger partial charge in [0.2, 0.25) is 10.0 Å². The highest BCUT2D eigenvalue weighted by molar-refractivity contribution is 7.89. The summed E-state index contributed by atoms with van der Waals surface area (Å²) in [5.41, 5.74) is -0.833. The summed E-state index contributed by atoms with van der Waals surface area (Å²) in [6.07, 6.45) is -5.49. The molecule has 1 amide bonds. The number of methoxy groups -OCH3 is 2. The summed E-state index contributed by atoms with van der Waals surface area (Å²) in [5.74, 6) is -0.0857. The van der Waals surface area contributed by atoms with Crippen LogP contribution < -0.4 is 24.2 Å². The van der Waals surface area contributed by atoms with Crippen molar-refractivity contribution < 1.29 is 40.6 Å². The number of sulfonamides is 1. The number of para-hydroxylation sites is 1. The molecule has 0 aliphatic rings. The van der Waals surface area contributed by atoms with Crippen LogP contribution in [0.2, 0.25) is 5.02 Å². The van der Waals surface area contributed by atoms with Gasteiger partial charge in [0.1, 0.15) is 0 Å². The monoisotopic (exact) mass is 610 g/mol. The number of carbonyl (C=O) groups excluding carboxylic acids is 1. The van der Waals surface area contributed by atoms with Crippen molar-refractivity contribution in [3.63, 3.8) is 0 Å². The molecule has 4 rings (SSSR count). The Balaban J connectivity index is 1.50. The summed E-state index contributed by atoms with van der Waals surface area (Å²) < 4.78 is 85.9. The second kappa shape index (κ2) is 12.1. The number of amides is 1. The zero-order valence-corrected chi connectivity index (χ0v) is 23.0. The molecule has 0 unspecified atom stereocenters. The first-order chi connectivity index (χ1) is 19.4. The number of aromatic nitrogens is 2. The lowest BCUT2D eigenvalue weighted by Crippen LogP contribution is -2.24. The van der Waals surface area contributed by atoms with Gasteiger partial charge in [0, 0.05) is 22.8 Å². The zero-order chi connectivity index (χ0) is 29.8. The summed E-state index contributed by atoms with van der Waals surface area (Å²) >= 11 is 5.81. The van der Waals surface area contributed by atoms with Crippen LogP contribution >= 0.6 is 11.6 Å². The van der Waals surface area contributed by atoms with Crippen molar-refractivity contribution in [1.82, 2.24) is 14.5 Å². The number of anilines is 1. The molecule has 10 nitrogen and oxygen atoms in total. The minimum Gasteiger partial charge on any atom is -0.493 e. The molecule has 0 saturated carbocycles. The Morgan fingerprint density at radius 3 is 2.37 bits per heavy atom. The second-order valence-electron chi connectivity index (χ2n) is 8.26. The highest BCUT2D eigenvalue weighted by Gasteiger charge is 2.40. The molecule has 0 aliphatic carbocycles. The number of halogens is 4. The number of carbonyl (C=O) groups is 1. The normalized spacial score (nSPS) is 11.7. The van der Waals surface area contributed by atoms with Gasteiger partial charge >= 0.3 is 12.3 Å². The Kier molecular flexibility index (Phi) is 8.75. The quantitative estimate of drug-likeness (QED) is 0.251. The predicted octanol–water partition coefficient (Wildman–Crippen LogP) is 5.65. The van der Waals surface area contributed by atoms with Gasteiger partial charge in [0.05, 0.1) is 31.0 Å². The number of ether oxygens (including phenoxy) is 3. The fourth-order valence-electron chi connectivity index (χ4n) is 3.78. The largest absolute Gasteiger partial charge is 0.493 e. The van der Waals surface area contributed by atoms with E-state index in [4.69, 9.17) is 25.8 Å². The van der Waals surface area contributed by atoms with Gasteiger partial charge in [-0.15, -0.1) is 0 Å². The van der Waals surface area contributed by atoms with Crippen LogP contribution in [0.4, 0.5) is 23.7 Å². The Bertz CT molecular complexity index is 1660. The minimum atomic E-state index is -4.93. The van der Waals surface area contributed by atoms with E-state index in [2.05, 4.69) is 15.1 Å². The fourth-order valence-corrected chi connectivity index (χ4v) is 4.96. The molecule has 0 spiro atoms. The van der Waals surface area contributed by atoms with E-state index in [1.807, 2.05) is 0 Å². The van der Waals surface area contributed by atoms with Crippen LogP contribution in [-0.2, 0) is 22.7 Å². The molecule has 2 N–H and O–H groups in total. The number of nitrogens with one attached hydrogen (secondary N) is 2. The summed E-state index contributed by atoms with van der Waals surface area (Å²) in [5, 5.41) is 6.25. The summed E-state index contributed by atoms with van der Waals surface area (Å²) in [6, 6.07) is 15.5. The SMILES string of the molecule is COc1cccc(CNS(=O)(=O)c2cccc(NC(=O)Oc3cnn(-c4ccc(Cl)cc4)c3C(F)(F)F)c2)c1OC. The van der Waals surface area contributed by atoms with Gasteiger partial charge in [-0.05, 0) is 48.5 Å². The highest BCUT2D eigenvalue weighted by Crippen LogP contribution is 2.38. The number of hydrogen-bond donors (Lipinski definition) is 2. The number of benzene rings is 3. The van der Waals surface area contributed by atoms with E-state index >= 15 is 0 Å². The van der Waals surface area contributed by atoms with E-state index in [9.17, 15) is 26.4 Å². The van der Waals surface area contributed by atoms with Crippen LogP contribution in [0.3, 0.4) is 0 Å². The molecular weight excluding hydrogens is 589 g/mol. The first-order valence-corrected chi connectivity index (χ1v) is 13.5. The van der Waals surface area contributed by atoms with E-state index in [1.54, 1.807) is 18.2 Å². The van der Waals surface area contributed by atoms with Crippen LogP contribution in [0.5, 0.6) is 17.2 Å². The lowest BCUT2D eigenvalue weighted by molar-refractivity contribution is -0.143. The maximum Gasteiger partial charge on any atom is 0.437 e. The van der Waals surface area contributed by atoms with Crippen LogP contribution in [0, 0.1) is 0 Å². The molecule has 0 fully saturated rings. The number of nitrogens with zero attached hydrogens (tertiary/aromatic N) is 2. The van der Waals surface area contributed by atoms with Crippen molar-refractivity contribution in [2.45, 2.75) is 17.6 Å². The molecule has 15 heteroatoms. The van der Waals surface area contributed by atoms with E-state index in [1.165, 1.54) is 56.7 Å². The van der Waals surface area contributed by atoms with Crippen molar-refractivity contribution in [1.29, 1.82) is 0 Å². The van der Waals surface area contributed by atoms with Crippen LogP contribution in [-0.4, -0.2) is 38.5 Å². The Hall–Kier alpha value is -4.27. The lowest BCUT2D eigenvalue weighted by atomic mass is 10.2. The summed E-state index contributed by atoms with van der Waals surface area (Å²) in [4.78, 5) is 12.3. The molecule has 3 aromatic carbocycles. The molecule has 0 radical (unpaired) electrons.